The van der Waals surface area contributed by atoms with Gasteiger partial charge >= 0.3 is 0 Å². The van der Waals surface area contributed by atoms with Gasteiger partial charge < -0.3 is 9.64 Å². The second-order valence-electron chi connectivity index (χ2n) is 10.5. The summed E-state index contributed by atoms with van der Waals surface area (Å²) in [5.74, 6) is 0.636. The summed E-state index contributed by atoms with van der Waals surface area (Å²) in [5, 5.41) is 5.11. The summed E-state index contributed by atoms with van der Waals surface area (Å²) in [5.41, 5.74) is 6.52. The number of carbonyl (C=O) groups is 1. The second kappa shape index (κ2) is 11.0. The summed E-state index contributed by atoms with van der Waals surface area (Å²) < 4.78 is 20.8. The molecular weight excluding hydrogens is 491 g/mol. The minimum absolute atomic E-state index is 0.0676. The van der Waals surface area contributed by atoms with Crippen LogP contribution in [-0.4, -0.2) is 45.2 Å². The van der Waals surface area contributed by atoms with Gasteiger partial charge in [-0.2, -0.15) is 5.10 Å². The van der Waals surface area contributed by atoms with Crippen molar-refractivity contribution >= 4 is 5.91 Å². The van der Waals surface area contributed by atoms with Crippen LogP contribution in [0.25, 0.3) is 5.69 Å². The highest BCUT2D eigenvalue weighted by molar-refractivity contribution is 5.79. The van der Waals surface area contributed by atoms with Crippen LogP contribution in [0, 0.1) is 5.82 Å². The fourth-order valence-corrected chi connectivity index (χ4v) is 5.42. The fraction of sp³-hybridized carbons (Fsp3) is 0.312. The van der Waals surface area contributed by atoms with Gasteiger partial charge in [0.05, 0.1) is 37.2 Å². The van der Waals surface area contributed by atoms with Crippen LogP contribution < -0.4 is 4.74 Å². The third-order valence-corrected chi connectivity index (χ3v) is 7.68. The molecule has 200 valence electrons. The third-order valence-electron chi connectivity index (χ3n) is 7.68. The van der Waals surface area contributed by atoms with Crippen molar-refractivity contribution in [2.24, 2.45) is 0 Å². The number of carbonyl (C=O) groups excluding carboxylic acids is 1. The number of methoxy groups -OCH3 is 1. The van der Waals surface area contributed by atoms with Gasteiger partial charge in [0.25, 0.3) is 0 Å². The van der Waals surface area contributed by atoms with E-state index in [4.69, 9.17) is 9.84 Å². The Kier molecular flexibility index (Phi) is 7.16. The third kappa shape index (κ3) is 5.73. The van der Waals surface area contributed by atoms with Crippen molar-refractivity contribution in [1.82, 2.24) is 19.6 Å². The first-order chi connectivity index (χ1) is 19.1. The number of halogens is 1. The molecule has 7 heteroatoms. The van der Waals surface area contributed by atoms with Crippen molar-refractivity contribution in [2.75, 3.05) is 13.7 Å². The normalized spacial score (nSPS) is 15.1. The molecule has 0 saturated heterocycles. The molecule has 2 heterocycles. The van der Waals surface area contributed by atoms with Crippen LogP contribution in [-0.2, 0) is 37.3 Å². The molecule has 1 aromatic heterocycles. The number of hydrogen-bond acceptors (Lipinski definition) is 4. The highest BCUT2D eigenvalue weighted by atomic mass is 19.1. The van der Waals surface area contributed by atoms with E-state index in [1.807, 2.05) is 35.2 Å². The number of fused-ring (bicyclic) bond motifs is 1. The highest BCUT2D eigenvalue weighted by Crippen LogP contribution is 2.32. The van der Waals surface area contributed by atoms with Crippen molar-refractivity contribution in [3.63, 3.8) is 0 Å². The van der Waals surface area contributed by atoms with Crippen molar-refractivity contribution in [2.45, 2.75) is 51.4 Å². The molecule has 1 aliphatic heterocycles. The van der Waals surface area contributed by atoms with Gasteiger partial charge in [0.15, 0.2) is 0 Å². The summed E-state index contributed by atoms with van der Waals surface area (Å²) in [6, 6.07) is 25.0. The Bertz CT molecular complexity index is 1430. The van der Waals surface area contributed by atoms with E-state index in [0.29, 0.717) is 6.54 Å². The molecule has 6 nitrogen and oxygen atoms in total. The molecule has 1 aliphatic carbocycles. The summed E-state index contributed by atoms with van der Waals surface area (Å²) in [6.07, 6.45) is 3.18. The van der Waals surface area contributed by atoms with Gasteiger partial charge in [0.2, 0.25) is 5.91 Å². The summed E-state index contributed by atoms with van der Waals surface area (Å²) in [6.45, 7) is 3.06. The Hall–Kier alpha value is -3.97. The van der Waals surface area contributed by atoms with E-state index in [2.05, 4.69) is 33.8 Å². The Labute approximate surface area is 228 Å². The summed E-state index contributed by atoms with van der Waals surface area (Å²) >= 11 is 0. The molecule has 3 aromatic carbocycles. The summed E-state index contributed by atoms with van der Waals surface area (Å²) in [7, 11) is 1.68. The maximum Gasteiger partial charge on any atom is 0.227 e. The quantitative estimate of drug-likeness (QED) is 0.298. The second-order valence-corrected chi connectivity index (χ2v) is 10.5. The standard InChI is InChI=1S/C32H33FN4O2/c1-39-28-15-9-24(10-16-28)20-35-18-17-31-29(21-35)30(34-37(31)27-5-3-2-4-6-27)22-36(26-13-14-26)32(38)19-23-7-11-25(33)12-8-23/h2-12,15-16,26H,13-14,17-22H2,1H3. The van der Waals surface area contributed by atoms with Crippen LogP contribution >= 0.6 is 0 Å². The number of para-hydroxylation sites is 1. The number of nitrogens with zero attached hydrogens (tertiary/aromatic N) is 4. The van der Waals surface area contributed by atoms with Crippen molar-refractivity contribution in [3.8, 4) is 11.4 Å². The van der Waals surface area contributed by atoms with Crippen LogP contribution in [0.15, 0.2) is 78.9 Å². The lowest BCUT2D eigenvalue weighted by Crippen LogP contribution is -2.35. The van der Waals surface area contributed by atoms with E-state index in [9.17, 15) is 9.18 Å². The minimum Gasteiger partial charge on any atom is -0.497 e. The lowest BCUT2D eigenvalue weighted by atomic mass is 10.0. The molecule has 0 N–H and O–H groups in total. The average molecular weight is 525 g/mol. The molecule has 0 radical (unpaired) electrons. The number of rotatable bonds is 9. The predicted octanol–water partition coefficient (Wildman–Crippen LogP) is 5.31. The van der Waals surface area contributed by atoms with Crippen molar-refractivity contribution in [1.29, 1.82) is 0 Å². The van der Waals surface area contributed by atoms with E-state index >= 15 is 0 Å². The maximum atomic E-state index is 13.5. The summed E-state index contributed by atoms with van der Waals surface area (Å²) in [4.78, 5) is 17.9. The van der Waals surface area contributed by atoms with E-state index in [1.165, 1.54) is 29.0 Å². The zero-order chi connectivity index (χ0) is 26.8. The smallest absolute Gasteiger partial charge is 0.227 e. The molecule has 1 fully saturated rings. The van der Waals surface area contributed by atoms with Gasteiger partial charge in [-0.3, -0.25) is 9.69 Å². The highest BCUT2D eigenvalue weighted by Gasteiger charge is 2.35. The first-order valence-electron chi connectivity index (χ1n) is 13.6. The SMILES string of the molecule is COc1ccc(CN2CCc3c(c(CN(C(=O)Cc4ccc(F)cc4)C4CC4)nn3-c3ccccc3)C2)cc1. The van der Waals surface area contributed by atoms with E-state index in [1.54, 1.807) is 19.2 Å². The van der Waals surface area contributed by atoms with Crippen LogP contribution in [0.4, 0.5) is 4.39 Å². The Balaban J connectivity index is 1.27. The molecule has 4 aromatic rings. The van der Waals surface area contributed by atoms with Gasteiger partial charge in [0.1, 0.15) is 11.6 Å². The lowest BCUT2D eigenvalue weighted by Gasteiger charge is -2.29. The first kappa shape index (κ1) is 25.3. The van der Waals surface area contributed by atoms with E-state index in [0.717, 1.165) is 61.6 Å². The van der Waals surface area contributed by atoms with Gasteiger partial charge in [-0.25, -0.2) is 9.07 Å². The molecule has 6 rings (SSSR count). The van der Waals surface area contributed by atoms with Crippen molar-refractivity contribution < 1.29 is 13.9 Å². The van der Waals surface area contributed by atoms with Gasteiger partial charge in [-0.05, 0) is 60.4 Å². The Morgan fingerprint density at radius 2 is 1.72 bits per heavy atom. The topological polar surface area (TPSA) is 50.6 Å². The average Bonchev–Trinajstić information content (AvgIpc) is 3.75. The van der Waals surface area contributed by atoms with E-state index < -0.39 is 0 Å². The first-order valence-corrected chi connectivity index (χ1v) is 13.6. The van der Waals surface area contributed by atoms with Crippen molar-refractivity contribution in [3.05, 3.63) is 113 Å². The largest absolute Gasteiger partial charge is 0.497 e. The van der Waals surface area contributed by atoms with Gasteiger partial charge in [-0.1, -0.05) is 42.5 Å². The van der Waals surface area contributed by atoms with Gasteiger partial charge in [0, 0.05) is 37.7 Å². The number of hydrogen-bond donors (Lipinski definition) is 0. The van der Waals surface area contributed by atoms with Crippen LogP contribution in [0.3, 0.4) is 0 Å². The lowest BCUT2D eigenvalue weighted by molar-refractivity contribution is -0.131. The predicted molar refractivity (Wildman–Crippen MR) is 148 cm³/mol. The van der Waals surface area contributed by atoms with E-state index in [-0.39, 0.29) is 24.2 Å². The molecule has 2 aliphatic rings. The number of aromatic nitrogens is 2. The van der Waals surface area contributed by atoms with Gasteiger partial charge in [-0.15, -0.1) is 0 Å². The molecule has 1 amide bonds. The number of benzene rings is 3. The molecule has 39 heavy (non-hydrogen) atoms. The zero-order valence-corrected chi connectivity index (χ0v) is 22.2. The molecule has 1 saturated carbocycles. The monoisotopic (exact) mass is 524 g/mol. The molecular formula is C32H33FN4O2. The molecule has 0 bridgehead atoms. The van der Waals surface area contributed by atoms with Crippen LogP contribution in [0.2, 0.25) is 0 Å². The number of amides is 1. The fourth-order valence-electron chi connectivity index (χ4n) is 5.42. The van der Waals surface area contributed by atoms with Crippen LogP contribution in [0.1, 0.15) is 40.9 Å². The number of ether oxygens (including phenoxy) is 1. The molecule has 0 unspecified atom stereocenters. The molecule has 0 atom stereocenters. The maximum absolute atomic E-state index is 13.5. The zero-order valence-electron chi connectivity index (χ0n) is 22.2. The van der Waals surface area contributed by atoms with Crippen LogP contribution in [0.5, 0.6) is 5.75 Å². The Morgan fingerprint density at radius 3 is 2.41 bits per heavy atom. The molecule has 0 spiro atoms. The minimum atomic E-state index is -0.289. The Morgan fingerprint density at radius 1 is 1.00 bits per heavy atom.